The largest absolute Gasteiger partial charge is 0.341 e. The molecule has 3 nitrogen and oxygen atoms in total. The molecule has 0 heterocycles. The Bertz CT molecular complexity index is 792. The maximum Gasteiger partial charge on any atom is 0.341 e. The molecule has 0 spiro atoms. The highest BCUT2D eigenvalue weighted by atomic mass is 35.5. The van der Waals surface area contributed by atoms with Crippen LogP contribution in [0.15, 0.2) is 96.1 Å². The molecule has 3 rings (SSSR count). The number of carbonyl (C=O) groups is 1. The summed E-state index contributed by atoms with van der Waals surface area (Å²) in [7, 11) is 0. The molecule has 0 aromatic heterocycles. The van der Waals surface area contributed by atoms with Crippen LogP contribution in [0.5, 0.6) is 0 Å². The van der Waals surface area contributed by atoms with Crippen LogP contribution in [-0.2, 0) is 0 Å². The topological polar surface area (TPSA) is 32.7 Å². The van der Waals surface area contributed by atoms with Crippen molar-refractivity contribution in [2.24, 2.45) is 5.10 Å². The van der Waals surface area contributed by atoms with Crippen molar-refractivity contribution in [3.8, 4) is 0 Å². The zero-order valence-corrected chi connectivity index (χ0v) is 13.6. The molecule has 3 aromatic carbocycles. The molecule has 4 heteroatoms. The summed E-state index contributed by atoms with van der Waals surface area (Å²) >= 11 is 5.78. The Hall–Kier alpha value is -2.91. The van der Waals surface area contributed by atoms with Crippen molar-refractivity contribution in [1.29, 1.82) is 0 Å². The van der Waals surface area contributed by atoms with E-state index in [1.165, 1.54) is 5.01 Å². The molecular weight excluding hydrogens is 320 g/mol. The molecule has 0 saturated carbocycles. The molecular formula is C20H15ClN2O. The van der Waals surface area contributed by atoms with Crippen molar-refractivity contribution in [3.63, 3.8) is 0 Å². The molecule has 24 heavy (non-hydrogen) atoms. The molecule has 0 aliphatic rings. The van der Waals surface area contributed by atoms with Crippen LogP contribution in [0.3, 0.4) is 0 Å². The number of para-hydroxylation sites is 1. The first-order valence-corrected chi connectivity index (χ1v) is 7.87. The molecule has 0 N–H and O–H groups in total. The summed E-state index contributed by atoms with van der Waals surface area (Å²) in [4.78, 5) is 11.9. The van der Waals surface area contributed by atoms with E-state index in [1.807, 2.05) is 78.9 Å². The number of anilines is 1. The van der Waals surface area contributed by atoms with Gasteiger partial charge in [-0.25, -0.2) is 0 Å². The number of hydrazone groups is 1. The van der Waals surface area contributed by atoms with Gasteiger partial charge in [-0.3, -0.25) is 4.79 Å². The zero-order chi connectivity index (χ0) is 16.8. The molecule has 1 amide bonds. The summed E-state index contributed by atoms with van der Waals surface area (Å²) in [5, 5.41) is 5.10. The monoisotopic (exact) mass is 334 g/mol. The van der Waals surface area contributed by atoms with E-state index in [9.17, 15) is 4.79 Å². The Morgan fingerprint density at radius 1 is 0.708 bits per heavy atom. The van der Waals surface area contributed by atoms with Crippen LogP contribution >= 0.6 is 11.6 Å². The predicted molar refractivity (Wildman–Crippen MR) is 98.7 cm³/mol. The number of halogens is 1. The summed E-state index contributed by atoms with van der Waals surface area (Å²) in [5.41, 5.74) is 3.10. The standard InChI is InChI=1S/C20H15ClN2O/c21-20(24)23(18-14-8-3-9-15-18)22-19(16-10-4-1-5-11-16)17-12-6-2-7-13-17/h1-15H. The number of amides is 1. The number of carbonyl (C=O) groups excluding carboxylic acids is 1. The second-order valence-corrected chi connectivity index (χ2v) is 5.40. The van der Waals surface area contributed by atoms with E-state index in [0.29, 0.717) is 11.4 Å². The van der Waals surface area contributed by atoms with Crippen LogP contribution in [0, 0.1) is 0 Å². The highest BCUT2D eigenvalue weighted by Gasteiger charge is 2.15. The van der Waals surface area contributed by atoms with E-state index >= 15 is 0 Å². The molecule has 0 atom stereocenters. The zero-order valence-electron chi connectivity index (χ0n) is 12.8. The lowest BCUT2D eigenvalue weighted by Crippen LogP contribution is -2.22. The highest BCUT2D eigenvalue weighted by Crippen LogP contribution is 2.19. The lowest BCUT2D eigenvalue weighted by Gasteiger charge is -2.17. The Morgan fingerprint density at radius 2 is 1.12 bits per heavy atom. The van der Waals surface area contributed by atoms with Crippen LogP contribution < -0.4 is 5.01 Å². The second kappa shape index (κ2) is 7.57. The Kier molecular flexibility index (Phi) is 5.04. The molecule has 3 aromatic rings. The average molecular weight is 335 g/mol. The number of nitrogens with zero attached hydrogens (tertiary/aromatic N) is 2. The molecule has 0 fully saturated rings. The van der Waals surface area contributed by atoms with E-state index < -0.39 is 5.37 Å². The van der Waals surface area contributed by atoms with Gasteiger partial charge in [0.2, 0.25) is 0 Å². The first-order chi connectivity index (χ1) is 11.8. The van der Waals surface area contributed by atoms with Crippen LogP contribution in [0.4, 0.5) is 10.5 Å². The van der Waals surface area contributed by atoms with Crippen molar-refractivity contribution in [2.45, 2.75) is 0 Å². The van der Waals surface area contributed by atoms with E-state index in [1.54, 1.807) is 12.1 Å². The van der Waals surface area contributed by atoms with Crippen LogP contribution in [-0.4, -0.2) is 11.1 Å². The van der Waals surface area contributed by atoms with Crippen molar-refractivity contribution < 1.29 is 4.79 Å². The number of rotatable bonds is 4. The third-order valence-electron chi connectivity index (χ3n) is 3.46. The minimum atomic E-state index is -0.662. The average Bonchev–Trinajstić information content (AvgIpc) is 2.64. The maximum absolute atomic E-state index is 11.9. The first kappa shape index (κ1) is 16.0. The van der Waals surface area contributed by atoms with Gasteiger partial charge in [-0.05, 0) is 23.7 Å². The summed E-state index contributed by atoms with van der Waals surface area (Å²) in [6, 6.07) is 28.5. The minimum Gasteiger partial charge on any atom is -0.253 e. The third-order valence-corrected chi connectivity index (χ3v) is 3.62. The van der Waals surface area contributed by atoms with Crippen LogP contribution in [0.1, 0.15) is 11.1 Å². The van der Waals surface area contributed by atoms with Gasteiger partial charge in [0.25, 0.3) is 0 Å². The summed E-state index contributed by atoms with van der Waals surface area (Å²) in [6.45, 7) is 0. The lowest BCUT2D eigenvalue weighted by atomic mass is 10.0. The van der Waals surface area contributed by atoms with Gasteiger partial charge in [-0.2, -0.15) is 10.1 Å². The Labute approximate surface area is 145 Å². The smallest absolute Gasteiger partial charge is 0.253 e. The normalized spacial score (nSPS) is 10.0. The van der Waals surface area contributed by atoms with Crippen molar-refractivity contribution in [3.05, 3.63) is 102 Å². The fourth-order valence-corrected chi connectivity index (χ4v) is 2.48. The molecule has 0 radical (unpaired) electrons. The Morgan fingerprint density at radius 3 is 1.54 bits per heavy atom. The fourth-order valence-electron chi connectivity index (χ4n) is 2.34. The highest BCUT2D eigenvalue weighted by molar-refractivity contribution is 6.66. The number of hydrogen-bond donors (Lipinski definition) is 0. The summed E-state index contributed by atoms with van der Waals surface area (Å²) in [6.07, 6.45) is 0. The SMILES string of the molecule is O=C(Cl)N(N=C(c1ccccc1)c1ccccc1)c1ccccc1. The minimum absolute atomic E-state index is 0.613. The van der Waals surface area contributed by atoms with E-state index in [4.69, 9.17) is 11.6 Å². The second-order valence-electron chi connectivity index (χ2n) is 5.08. The number of benzene rings is 3. The van der Waals surface area contributed by atoms with Gasteiger partial charge in [0.15, 0.2) is 0 Å². The van der Waals surface area contributed by atoms with Gasteiger partial charge in [-0.1, -0.05) is 78.9 Å². The molecule has 0 unspecified atom stereocenters. The Balaban J connectivity index is 2.13. The van der Waals surface area contributed by atoms with Gasteiger partial charge >= 0.3 is 5.37 Å². The van der Waals surface area contributed by atoms with Gasteiger partial charge in [0, 0.05) is 11.1 Å². The predicted octanol–water partition coefficient (Wildman–Crippen LogP) is 5.30. The van der Waals surface area contributed by atoms with E-state index in [-0.39, 0.29) is 0 Å². The maximum atomic E-state index is 11.9. The molecule has 0 saturated heterocycles. The third kappa shape index (κ3) is 3.70. The van der Waals surface area contributed by atoms with Gasteiger partial charge in [-0.15, -0.1) is 0 Å². The van der Waals surface area contributed by atoms with Crippen molar-refractivity contribution in [2.75, 3.05) is 5.01 Å². The molecule has 0 aliphatic carbocycles. The van der Waals surface area contributed by atoms with Gasteiger partial charge < -0.3 is 0 Å². The molecule has 118 valence electrons. The van der Waals surface area contributed by atoms with E-state index in [0.717, 1.165) is 11.1 Å². The lowest BCUT2D eigenvalue weighted by molar-refractivity contribution is 0.264. The quantitative estimate of drug-likeness (QED) is 0.275. The van der Waals surface area contributed by atoms with Crippen molar-refractivity contribution >= 4 is 28.4 Å². The van der Waals surface area contributed by atoms with Crippen LogP contribution in [0.25, 0.3) is 0 Å². The van der Waals surface area contributed by atoms with Gasteiger partial charge in [0.05, 0.1) is 11.4 Å². The number of hydrogen-bond acceptors (Lipinski definition) is 2. The van der Waals surface area contributed by atoms with E-state index in [2.05, 4.69) is 5.10 Å². The van der Waals surface area contributed by atoms with Crippen molar-refractivity contribution in [1.82, 2.24) is 0 Å². The molecule has 0 bridgehead atoms. The van der Waals surface area contributed by atoms with Crippen LogP contribution in [0.2, 0.25) is 0 Å². The summed E-state index contributed by atoms with van der Waals surface area (Å²) in [5.74, 6) is 0. The molecule has 0 aliphatic heterocycles. The fraction of sp³-hybridized carbons (Fsp3) is 0. The first-order valence-electron chi connectivity index (χ1n) is 7.50. The summed E-state index contributed by atoms with van der Waals surface area (Å²) < 4.78 is 0. The van der Waals surface area contributed by atoms with Gasteiger partial charge in [0.1, 0.15) is 0 Å².